The number of nitrogens with two attached hydrogens (primary N) is 1. The monoisotopic (exact) mass is 641 g/mol. The van der Waals surface area contributed by atoms with Crippen LogP contribution in [0.2, 0.25) is 0 Å². The largest absolute Gasteiger partial charge is 0.446 e. The summed E-state index contributed by atoms with van der Waals surface area (Å²) in [7, 11) is 1.71. The highest BCUT2D eigenvalue weighted by Gasteiger charge is 2.34. The third-order valence-electron chi connectivity index (χ3n) is 8.79. The number of halogens is 3. The Hall–Kier alpha value is -2.32. The molecule has 246 valence electrons. The van der Waals surface area contributed by atoms with Crippen LogP contribution in [0.15, 0.2) is 51.7 Å². The second-order valence-corrected chi connectivity index (χ2v) is 12.9. The topological polar surface area (TPSA) is 110 Å². The predicted molar refractivity (Wildman–Crippen MR) is 167 cm³/mol. The van der Waals surface area contributed by atoms with Gasteiger partial charge in [-0.05, 0) is 63.6 Å². The summed E-state index contributed by atoms with van der Waals surface area (Å²) in [6.07, 6.45) is 11.8. The second-order valence-electron chi connectivity index (χ2n) is 11.7. The Morgan fingerprint density at radius 3 is 2.70 bits per heavy atom. The first kappa shape index (κ1) is 34.6. The van der Waals surface area contributed by atoms with Gasteiger partial charge in [-0.1, -0.05) is 24.8 Å². The molecule has 0 aromatic carbocycles. The lowest BCUT2D eigenvalue weighted by Crippen LogP contribution is -2.54. The Labute approximate surface area is 262 Å². The highest BCUT2D eigenvalue weighted by molar-refractivity contribution is 8.04. The normalized spacial score (nSPS) is 29.3. The van der Waals surface area contributed by atoms with E-state index in [1.54, 1.807) is 26.2 Å². The summed E-state index contributed by atoms with van der Waals surface area (Å²) >= 11 is -0.0814. The minimum absolute atomic E-state index is 0.0307. The summed E-state index contributed by atoms with van der Waals surface area (Å²) in [5.41, 5.74) is 2.79. The molecule has 0 spiro atoms. The summed E-state index contributed by atoms with van der Waals surface area (Å²) in [5.74, 6) is -0.138. The van der Waals surface area contributed by atoms with Gasteiger partial charge in [-0.25, -0.2) is 4.99 Å². The van der Waals surface area contributed by atoms with Crippen molar-refractivity contribution in [3.8, 4) is 0 Å². The minimum atomic E-state index is -4.29. The maximum absolute atomic E-state index is 13.5. The van der Waals surface area contributed by atoms with Crippen LogP contribution in [-0.4, -0.2) is 93.0 Å². The number of thioether (sulfide) groups is 1. The van der Waals surface area contributed by atoms with Crippen LogP contribution >= 0.6 is 11.8 Å². The van der Waals surface area contributed by atoms with E-state index in [1.807, 2.05) is 11.0 Å². The number of likely N-dealkylation sites (tertiary alicyclic amines) is 1. The summed E-state index contributed by atoms with van der Waals surface area (Å²) in [6.45, 7) is 8.97. The van der Waals surface area contributed by atoms with Gasteiger partial charge in [0.25, 0.3) is 5.91 Å². The molecule has 0 radical (unpaired) electrons. The third kappa shape index (κ3) is 9.84. The molecule has 1 amide bonds. The number of amides is 1. The predicted octanol–water partition coefficient (Wildman–Crippen LogP) is 4.39. The molecule has 3 aliphatic heterocycles. The van der Waals surface area contributed by atoms with Crippen LogP contribution in [-0.2, 0) is 19.0 Å². The smallest absolute Gasteiger partial charge is 0.390 e. The SMILES string of the molecule is C=C(NC[C@H]1CCC[C@@H](C2C=CC(SC(F)(F)F)=CC2)O1)/C(C)=C(\N=CN)C(=O)N1CCC(N[C@H]2CCOC[C@H]2OC)CC1. The van der Waals surface area contributed by atoms with E-state index in [9.17, 15) is 18.0 Å². The number of allylic oxidation sites excluding steroid dienone is 3. The average molecular weight is 642 g/mol. The number of hydrogen-bond donors (Lipinski definition) is 3. The molecular weight excluding hydrogens is 595 g/mol. The Morgan fingerprint density at radius 2 is 2.05 bits per heavy atom. The van der Waals surface area contributed by atoms with E-state index in [0.29, 0.717) is 56.6 Å². The number of ether oxygens (including phenoxy) is 3. The van der Waals surface area contributed by atoms with Gasteiger partial charge in [0.15, 0.2) is 0 Å². The molecule has 0 bridgehead atoms. The van der Waals surface area contributed by atoms with Crippen LogP contribution < -0.4 is 16.4 Å². The number of carbonyl (C=O) groups is 1. The van der Waals surface area contributed by atoms with Gasteiger partial charge in [0.05, 0.1) is 31.3 Å². The number of methoxy groups -OCH3 is 1. The van der Waals surface area contributed by atoms with Crippen LogP contribution in [0.25, 0.3) is 0 Å². The second kappa shape index (κ2) is 16.3. The van der Waals surface area contributed by atoms with Crippen molar-refractivity contribution in [2.75, 3.05) is 40.0 Å². The van der Waals surface area contributed by atoms with Crippen molar-refractivity contribution in [2.45, 2.75) is 87.8 Å². The third-order valence-corrected chi connectivity index (χ3v) is 9.56. The van der Waals surface area contributed by atoms with Crippen LogP contribution in [0.1, 0.15) is 51.9 Å². The summed E-state index contributed by atoms with van der Waals surface area (Å²) in [6, 6.07) is 0.535. The molecule has 1 unspecified atom stereocenters. The number of nitrogens with one attached hydrogen (secondary N) is 2. The van der Waals surface area contributed by atoms with Gasteiger partial charge < -0.3 is 35.5 Å². The van der Waals surface area contributed by atoms with Crippen LogP contribution in [0.4, 0.5) is 13.2 Å². The molecule has 5 atom stereocenters. The zero-order valence-electron chi connectivity index (χ0n) is 25.6. The lowest BCUT2D eigenvalue weighted by atomic mass is 9.89. The molecule has 44 heavy (non-hydrogen) atoms. The highest BCUT2D eigenvalue weighted by atomic mass is 32.2. The fourth-order valence-corrected chi connectivity index (χ4v) is 6.83. The number of aliphatic imine (C=N–C) groups is 1. The van der Waals surface area contributed by atoms with Crippen LogP contribution in [0.5, 0.6) is 0 Å². The van der Waals surface area contributed by atoms with Crippen molar-refractivity contribution < 1.29 is 32.2 Å². The standard InChI is InChI=1S/C31H46F3N5O4S/c1-20(21(2)36-17-24-5-4-6-27(43-24)22-7-9-25(10-8-22)44-31(32,33)34)29(37-19-35)30(40)39-14-11-23(12-15-39)38-26-13-16-42-18-28(26)41-3/h7,9-10,19,22-24,26-28,36,38H,2,4-6,8,11-18H2,1,3H3,(H2,35,37)/b29-20-/t22?,24-,26+,27+,28-/m1/s1. The lowest BCUT2D eigenvalue weighted by molar-refractivity contribution is -0.128. The molecule has 3 fully saturated rings. The molecule has 0 saturated carbocycles. The van der Waals surface area contributed by atoms with Gasteiger partial charge in [0.1, 0.15) is 5.70 Å². The minimum Gasteiger partial charge on any atom is -0.390 e. The first-order chi connectivity index (χ1) is 21.1. The molecule has 9 nitrogen and oxygen atoms in total. The number of piperidine rings is 1. The first-order valence-corrected chi connectivity index (χ1v) is 16.2. The van der Waals surface area contributed by atoms with Gasteiger partial charge >= 0.3 is 5.51 Å². The molecule has 4 aliphatic rings. The number of alkyl halides is 3. The average Bonchev–Trinajstić information content (AvgIpc) is 3.02. The van der Waals surface area contributed by atoms with E-state index in [2.05, 4.69) is 22.2 Å². The van der Waals surface area contributed by atoms with E-state index in [0.717, 1.165) is 44.9 Å². The molecule has 4 rings (SSSR count). The first-order valence-electron chi connectivity index (χ1n) is 15.4. The maximum atomic E-state index is 13.5. The highest BCUT2D eigenvalue weighted by Crippen LogP contribution is 2.40. The molecular formula is C31H46F3N5O4S. The van der Waals surface area contributed by atoms with Crippen molar-refractivity contribution in [3.63, 3.8) is 0 Å². The maximum Gasteiger partial charge on any atom is 0.446 e. The van der Waals surface area contributed by atoms with Crippen molar-refractivity contribution >= 4 is 24.0 Å². The van der Waals surface area contributed by atoms with E-state index < -0.39 is 5.51 Å². The van der Waals surface area contributed by atoms with Gasteiger partial charge in [-0.15, -0.1) is 0 Å². The van der Waals surface area contributed by atoms with Gasteiger partial charge in [0.2, 0.25) is 0 Å². The lowest BCUT2D eigenvalue weighted by Gasteiger charge is -2.38. The van der Waals surface area contributed by atoms with E-state index in [1.165, 1.54) is 0 Å². The molecule has 3 saturated heterocycles. The van der Waals surface area contributed by atoms with Gasteiger partial charge in [-0.3, -0.25) is 4.79 Å². The quantitative estimate of drug-likeness (QED) is 0.132. The molecule has 13 heteroatoms. The van der Waals surface area contributed by atoms with Crippen LogP contribution in [0.3, 0.4) is 0 Å². The molecule has 3 heterocycles. The zero-order chi connectivity index (χ0) is 31.7. The van der Waals surface area contributed by atoms with E-state index in [4.69, 9.17) is 19.9 Å². The van der Waals surface area contributed by atoms with Crippen molar-refractivity contribution in [2.24, 2.45) is 16.6 Å². The van der Waals surface area contributed by atoms with Crippen molar-refractivity contribution in [1.29, 1.82) is 0 Å². The molecule has 4 N–H and O–H groups in total. The van der Waals surface area contributed by atoms with Gasteiger partial charge in [0, 0.05) is 67.5 Å². The Kier molecular flexibility index (Phi) is 12.8. The number of rotatable bonds is 11. The molecule has 1 aliphatic carbocycles. The van der Waals surface area contributed by atoms with E-state index in [-0.39, 0.29) is 58.5 Å². The molecule has 0 aromatic heterocycles. The van der Waals surface area contributed by atoms with E-state index >= 15 is 0 Å². The van der Waals surface area contributed by atoms with Gasteiger partial charge in [-0.2, -0.15) is 13.2 Å². The number of hydrogen-bond acceptors (Lipinski definition) is 8. The number of carbonyl (C=O) groups excluding carboxylic acids is 1. The Bertz CT molecular complexity index is 1120. The summed E-state index contributed by atoms with van der Waals surface area (Å²) < 4.78 is 55.5. The fraction of sp³-hybridized carbons (Fsp3) is 0.677. The fourth-order valence-electron chi connectivity index (χ4n) is 6.23. The Balaban J connectivity index is 1.26. The molecule has 0 aromatic rings. The summed E-state index contributed by atoms with van der Waals surface area (Å²) in [5, 5.41) is 7.02. The summed E-state index contributed by atoms with van der Waals surface area (Å²) in [4.78, 5) is 19.8. The van der Waals surface area contributed by atoms with Crippen molar-refractivity contribution in [3.05, 3.63) is 46.7 Å². The van der Waals surface area contributed by atoms with Crippen molar-refractivity contribution in [1.82, 2.24) is 15.5 Å². The number of nitrogens with zero attached hydrogens (tertiary/aromatic N) is 2. The van der Waals surface area contributed by atoms with Crippen LogP contribution in [0, 0.1) is 5.92 Å². The Morgan fingerprint density at radius 1 is 1.27 bits per heavy atom. The zero-order valence-corrected chi connectivity index (χ0v) is 26.4.